The van der Waals surface area contributed by atoms with E-state index >= 15 is 0 Å². The van der Waals surface area contributed by atoms with Crippen LogP contribution >= 0.6 is 0 Å². The first-order valence-electron chi connectivity index (χ1n) is 7.01. The molecule has 0 aliphatic carbocycles. The monoisotopic (exact) mass is 280 g/mol. The minimum Gasteiger partial charge on any atom is -0.343 e. The number of hydrogen-bond donors (Lipinski definition) is 1. The fourth-order valence-electron chi connectivity index (χ4n) is 2.51. The second-order valence-electron chi connectivity index (χ2n) is 4.88. The van der Waals surface area contributed by atoms with Crippen LogP contribution in [-0.2, 0) is 16.0 Å². The fourth-order valence-corrected chi connectivity index (χ4v) is 2.51. The van der Waals surface area contributed by atoms with Crippen LogP contribution in [0.3, 0.4) is 0 Å². The van der Waals surface area contributed by atoms with Gasteiger partial charge in [0.1, 0.15) is 0 Å². The van der Waals surface area contributed by atoms with Crippen molar-refractivity contribution >= 4 is 11.8 Å². The van der Waals surface area contributed by atoms with Gasteiger partial charge in [0, 0.05) is 19.0 Å². The highest BCUT2D eigenvalue weighted by Crippen LogP contribution is 2.20. The molecule has 1 saturated heterocycles. The van der Waals surface area contributed by atoms with Crippen molar-refractivity contribution in [1.82, 2.24) is 20.4 Å². The zero-order chi connectivity index (χ0) is 14.5. The number of aromatic nitrogens is 2. The van der Waals surface area contributed by atoms with Crippen LogP contribution in [0, 0.1) is 0 Å². The lowest BCUT2D eigenvalue weighted by molar-refractivity contribution is -0.141. The molecule has 0 saturated carbocycles. The Labute approximate surface area is 117 Å². The summed E-state index contributed by atoms with van der Waals surface area (Å²) in [4.78, 5) is 29.6. The van der Waals surface area contributed by atoms with E-state index in [-0.39, 0.29) is 24.3 Å². The molecule has 20 heavy (non-hydrogen) atoms. The van der Waals surface area contributed by atoms with Crippen LogP contribution in [0.5, 0.6) is 0 Å². The third kappa shape index (κ3) is 3.04. The molecule has 7 heteroatoms. The van der Waals surface area contributed by atoms with E-state index in [1.54, 1.807) is 0 Å². The molecule has 0 aromatic carbocycles. The smallest absolute Gasteiger partial charge is 0.247 e. The van der Waals surface area contributed by atoms with Gasteiger partial charge in [0.2, 0.25) is 18.2 Å². The van der Waals surface area contributed by atoms with Crippen LogP contribution in [0.15, 0.2) is 10.9 Å². The average molecular weight is 280 g/mol. The molecule has 1 fully saturated rings. The van der Waals surface area contributed by atoms with Crippen molar-refractivity contribution < 1.29 is 14.1 Å². The lowest BCUT2D eigenvalue weighted by Gasteiger charge is -2.24. The lowest BCUT2D eigenvalue weighted by atomic mass is 10.1. The number of rotatable bonds is 7. The predicted octanol–water partition coefficient (Wildman–Crippen LogP) is 0.518. The molecular weight excluding hydrogens is 260 g/mol. The highest BCUT2D eigenvalue weighted by molar-refractivity contribution is 6.05. The van der Waals surface area contributed by atoms with E-state index in [2.05, 4.69) is 20.0 Å². The highest BCUT2D eigenvalue weighted by Gasteiger charge is 2.40. The van der Waals surface area contributed by atoms with E-state index in [1.807, 2.05) is 13.8 Å². The van der Waals surface area contributed by atoms with Gasteiger partial charge in [-0.1, -0.05) is 19.0 Å². The zero-order valence-electron chi connectivity index (χ0n) is 11.8. The minimum atomic E-state index is -0.421. The van der Waals surface area contributed by atoms with E-state index in [0.717, 1.165) is 12.8 Å². The summed E-state index contributed by atoms with van der Waals surface area (Å²) < 4.78 is 4.63. The van der Waals surface area contributed by atoms with E-state index < -0.39 is 6.04 Å². The number of amides is 2. The van der Waals surface area contributed by atoms with Crippen LogP contribution in [0.4, 0.5) is 0 Å². The molecule has 1 aliphatic rings. The molecule has 0 bridgehead atoms. The van der Waals surface area contributed by atoms with Crippen molar-refractivity contribution in [3.63, 3.8) is 0 Å². The first kappa shape index (κ1) is 14.6. The van der Waals surface area contributed by atoms with Gasteiger partial charge >= 0.3 is 0 Å². The fraction of sp³-hybridized carbons (Fsp3) is 0.692. The van der Waals surface area contributed by atoms with Gasteiger partial charge in [0.05, 0.1) is 12.5 Å². The Morgan fingerprint density at radius 2 is 2.20 bits per heavy atom. The van der Waals surface area contributed by atoms with E-state index in [9.17, 15) is 9.59 Å². The number of nitrogens with zero attached hydrogens (tertiary/aromatic N) is 3. The van der Waals surface area contributed by atoms with Crippen molar-refractivity contribution in [2.24, 2.45) is 0 Å². The molecule has 1 N–H and O–H groups in total. The number of hydrogen-bond acceptors (Lipinski definition) is 6. The number of carbonyl (C=O) groups is 2. The minimum absolute atomic E-state index is 0.0130. The molecule has 110 valence electrons. The molecule has 2 amide bonds. The summed E-state index contributed by atoms with van der Waals surface area (Å²) in [6.07, 6.45) is 3.67. The van der Waals surface area contributed by atoms with Crippen molar-refractivity contribution in [3.05, 3.63) is 12.2 Å². The van der Waals surface area contributed by atoms with Gasteiger partial charge < -0.3 is 9.84 Å². The zero-order valence-corrected chi connectivity index (χ0v) is 11.8. The Hall–Kier alpha value is -1.76. The standard InChI is InChI=1S/C13H20N4O3/c1-3-9(4-2)17-12(18)7-10(13(17)19)14-6-5-11-15-8-20-16-11/h8-10,14H,3-7H2,1-2H3. The van der Waals surface area contributed by atoms with E-state index in [4.69, 9.17) is 0 Å². The van der Waals surface area contributed by atoms with Gasteiger partial charge in [0.15, 0.2) is 5.82 Å². The summed E-state index contributed by atoms with van der Waals surface area (Å²) in [5, 5.41) is 6.80. The van der Waals surface area contributed by atoms with E-state index in [0.29, 0.717) is 18.8 Å². The molecule has 2 heterocycles. The lowest BCUT2D eigenvalue weighted by Crippen LogP contribution is -2.44. The van der Waals surface area contributed by atoms with Gasteiger partial charge in [0.25, 0.3) is 0 Å². The quantitative estimate of drug-likeness (QED) is 0.732. The number of likely N-dealkylation sites (tertiary alicyclic amines) is 1. The second kappa shape index (κ2) is 6.60. The molecule has 1 aromatic rings. The normalized spacial score (nSPS) is 19.4. The summed E-state index contributed by atoms with van der Waals surface area (Å²) in [6.45, 7) is 4.53. The number of nitrogens with one attached hydrogen (secondary N) is 1. The van der Waals surface area contributed by atoms with Gasteiger partial charge in [-0.25, -0.2) is 0 Å². The summed E-state index contributed by atoms with van der Waals surface area (Å²) in [5.41, 5.74) is 0. The maximum absolute atomic E-state index is 12.3. The SMILES string of the molecule is CCC(CC)N1C(=O)CC(NCCc2ncon2)C1=O. The van der Waals surface area contributed by atoms with Crippen LogP contribution in [0.25, 0.3) is 0 Å². The first-order valence-corrected chi connectivity index (χ1v) is 7.01. The molecule has 1 unspecified atom stereocenters. The molecule has 0 radical (unpaired) electrons. The van der Waals surface area contributed by atoms with Gasteiger partial charge in [-0.2, -0.15) is 4.98 Å². The highest BCUT2D eigenvalue weighted by atomic mass is 16.5. The molecular formula is C13H20N4O3. The summed E-state index contributed by atoms with van der Waals surface area (Å²) in [7, 11) is 0. The van der Waals surface area contributed by atoms with Crippen LogP contribution < -0.4 is 5.32 Å². The van der Waals surface area contributed by atoms with Gasteiger partial charge in [-0.05, 0) is 12.8 Å². The Bertz CT molecular complexity index is 456. The predicted molar refractivity (Wildman–Crippen MR) is 70.6 cm³/mol. The van der Waals surface area contributed by atoms with Crippen LogP contribution in [0.2, 0.25) is 0 Å². The van der Waals surface area contributed by atoms with Gasteiger partial charge in [-0.3, -0.25) is 14.5 Å². The van der Waals surface area contributed by atoms with Crippen molar-refractivity contribution in [2.75, 3.05) is 6.54 Å². The van der Waals surface area contributed by atoms with Crippen LogP contribution in [0.1, 0.15) is 38.9 Å². The molecule has 1 aromatic heterocycles. The average Bonchev–Trinajstić information content (AvgIpc) is 3.04. The Morgan fingerprint density at radius 3 is 2.80 bits per heavy atom. The third-order valence-electron chi connectivity index (χ3n) is 3.64. The van der Waals surface area contributed by atoms with Crippen LogP contribution in [-0.4, -0.2) is 45.5 Å². The number of carbonyl (C=O) groups excluding carboxylic acids is 2. The third-order valence-corrected chi connectivity index (χ3v) is 3.64. The molecule has 1 atom stereocenters. The molecule has 7 nitrogen and oxygen atoms in total. The summed E-state index contributed by atoms with van der Waals surface area (Å²) >= 11 is 0. The summed E-state index contributed by atoms with van der Waals surface area (Å²) in [5.74, 6) is 0.392. The van der Waals surface area contributed by atoms with Crippen molar-refractivity contribution in [2.45, 2.75) is 51.6 Å². The molecule has 1 aliphatic heterocycles. The Kier molecular flexibility index (Phi) is 4.84. The topological polar surface area (TPSA) is 88.3 Å². The van der Waals surface area contributed by atoms with Crippen molar-refractivity contribution in [1.29, 1.82) is 0 Å². The molecule has 0 spiro atoms. The largest absolute Gasteiger partial charge is 0.343 e. The molecule has 2 rings (SSSR count). The summed E-state index contributed by atoms with van der Waals surface area (Å²) in [6, 6.07) is -0.408. The number of imide groups is 1. The Balaban J connectivity index is 1.87. The second-order valence-corrected chi connectivity index (χ2v) is 4.88. The Morgan fingerprint density at radius 1 is 1.45 bits per heavy atom. The maximum Gasteiger partial charge on any atom is 0.247 e. The maximum atomic E-state index is 12.3. The van der Waals surface area contributed by atoms with Crippen molar-refractivity contribution in [3.8, 4) is 0 Å². The van der Waals surface area contributed by atoms with Gasteiger partial charge in [-0.15, -0.1) is 0 Å². The first-order chi connectivity index (χ1) is 9.67. The van der Waals surface area contributed by atoms with E-state index in [1.165, 1.54) is 11.3 Å².